The number of rotatable bonds is 4. The van der Waals surface area contributed by atoms with Crippen LogP contribution in [0.1, 0.15) is 28.8 Å². The Morgan fingerprint density at radius 2 is 2.05 bits per heavy atom. The number of phenols is 1. The number of aromatic nitrogens is 1. The molecule has 0 aliphatic heterocycles. The van der Waals surface area contributed by atoms with Crippen LogP contribution in [0.15, 0.2) is 42.7 Å². The molecule has 4 nitrogen and oxygen atoms in total. The van der Waals surface area contributed by atoms with Crippen molar-refractivity contribution in [2.75, 3.05) is 6.54 Å². The number of benzene rings is 1. The number of hydrogen-bond acceptors (Lipinski definition) is 3. The van der Waals surface area contributed by atoms with Crippen molar-refractivity contribution in [3.8, 4) is 5.75 Å². The lowest BCUT2D eigenvalue weighted by atomic mass is 10.0. The van der Waals surface area contributed by atoms with Crippen LogP contribution in [0.25, 0.3) is 0 Å². The number of nitrogens with one attached hydrogen (secondary N) is 1. The molecule has 1 heterocycles. The van der Waals surface area contributed by atoms with Crippen molar-refractivity contribution in [1.29, 1.82) is 0 Å². The first kappa shape index (κ1) is 14.0. The van der Waals surface area contributed by atoms with Crippen LogP contribution in [0, 0.1) is 5.82 Å². The van der Waals surface area contributed by atoms with Crippen molar-refractivity contribution in [3.05, 3.63) is 59.7 Å². The van der Waals surface area contributed by atoms with Gasteiger partial charge in [-0.3, -0.25) is 9.78 Å². The van der Waals surface area contributed by atoms with Crippen LogP contribution in [0.5, 0.6) is 5.75 Å². The second-order valence-corrected chi connectivity index (χ2v) is 4.55. The van der Waals surface area contributed by atoms with E-state index < -0.39 is 11.7 Å². The highest BCUT2D eigenvalue weighted by molar-refractivity contribution is 5.96. The van der Waals surface area contributed by atoms with Gasteiger partial charge in [0.2, 0.25) is 0 Å². The molecule has 1 aromatic heterocycles. The molecule has 2 aromatic rings. The van der Waals surface area contributed by atoms with Gasteiger partial charge < -0.3 is 10.4 Å². The average molecular weight is 274 g/mol. The Balaban J connectivity index is 2.00. The third kappa shape index (κ3) is 3.32. The fourth-order valence-electron chi connectivity index (χ4n) is 1.84. The summed E-state index contributed by atoms with van der Waals surface area (Å²) in [5, 5.41) is 12.2. The molecule has 5 heteroatoms. The third-order valence-electron chi connectivity index (χ3n) is 3.05. The zero-order valence-corrected chi connectivity index (χ0v) is 11.0. The Kier molecular flexibility index (Phi) is 4.30. The summed E-state index contributed by atoms with van der Waals surface area (Å²) in [5.74, 6) is -1.20. The summed E-state index contributed by atoms with van der Waals surface area (Å²) in [7, 11) is 0. The lowest BCUT2D eigenvalue weighted by Crippen LogP contribution is -2.27. The maximum atomic E-state index is 13.1. The van der Waals surface area contributed by atoms with Gasteiger partial charge >= 0.3 is 0 Å². The molecular formula is C15H15FN2O2. The Bertz CT molecular complexity index is 602. The summed E-state index contributed by atoms with van der Waals surface area (Å²) in [4.78, 5) is 15.8. The minimum absolute atomic E-state index is 0.0630. The number of halogens is 1. The SMILES string of the molecule is C[C@@H](CNC(=O)c1cc(F)ccc1O)c1ccncc1. The van der Waals surface area contributed by atoms with Crippen molar-refractivity contribution in [2.45, 2.75) is 12.8 Å². The van der Waals surface area contributed by atoms with Crippen molar-refractivity contribution < 1.29 is 14.3 Å². The predicted octanol–water partition coefficient (Wildman–Crippen LogP) is 2.46. The van der Waals surface area contributed by atoms with E-state index in [0.29, 0.717) is 6.54 Å². The molecule has 0 bridgehead atoms. The molecule has 0 saturated heterocycles. The number of nitrogens with zero attached hydrogens (tertiary/aromatic N) is 1. The van der Waals surface area contributed by atoms with Crippen LogP contribution in [0.3, 0.4) is 0 Å². The topological polar surface area (TPSA) is 62.2 Å². The van der Waals surface area contributed by atoms with Gasteiger partial charge in [0.25, 0.3) is 5.91 Å². The minimum Gasteiger partial charge on any atom is -0.507 e. The maximum absolute atomic E-state index is 13.1. The molecule has 0 aliphatic rings. The van der Waals surface area contributed by atoms with Gasteiger partial charge in [0.15, 0.2) is 0 Å². The summed E-state index contributed by atoms with van der Waals surface area (Å²) in [5.41, 5.74) is 0.982. The molecule has 0 radical (unpaired) electrons. The Morgan fingerprint density at radius 1 is 1.35 bits per heavy atom. The van der Waals surface area contributed by atoms with Gasteiger partial charge in [-0.05, 0) is 41.8 Å². The molecule has 0 aliphatic carbocycles. The molecule has 1 amide bonds. The van der Waals surface area contributed by atoms with Gasteiger partial charge in [0.05, 0.1) is 5.56 Å². The smallest absolute Gasteiger partial charge is 0.255 e. The maximum Gasteiger partial charge on any atom is 0.255 e. The fraction of sp³-hybridized carbons (Fsp3) is 0.200. The van der Waals surface area contributed by atoms with Gasteiger partial charge in [-0.15, -0.1) is 0 Å². The van der Waals surface area contributed by atoms with Gasteiger partial charge in [-0.2, -0.15) is 0 Å². The molecule has 20 heavy (non-hydrogen) atoms. The van der Waals surface area contributed by atoms with Gasteiger partial charge in [0, 0.05) is 18.9 Å². The van der Waals surface area contributed by atoms with Gasteiger partial charge in [-0.1, -0.05) is 6.92 Å². The third-order valence-corrected chi connectivity index (χ3v) is 3.05. The first-order chi connectivity index (χ1) is 9.58. The van der Waals surface area contributed by atoms with E-state index in [1.54, 1.807) is 12.4 Å². The van der Waals surface area contributed by atoms with Crippen LogP contribution in [-0.4, -0.2) is 22.5 Å². The molecule has 0 saturated carbocycles. The summed E-state index contributed by atoms with van der Waals surface area (Å²) in [6, 6.07) is 7.02. The summed E-state index contributed by atoms with van der Waals surface area (Å²) in [6.45, 7) is 2.35. The highest BCUT2D eigenvalue weighted by Gasteiger charge is 2.13. The molecule has 1 atom stereocenters. The second kappa shape index (κ2) is 6.14. The normalized spacial score (nSPS) is 11.9. The van der Waals surface area contributed by atoms with E-state index in [1.165, 1.54) is 0 Å². The molecule has 1 aromatic carbocycles. The van der Waals surface area contributed by atoms with Crippen LogP contribution >= 0.6 is 0 Å². The van der Waals surface area contributed by atoms with E-state index in [1.807, 2.05) is 19.1 Å². The number of aromatic hydroxyl groups is 1. The van der Waals surface area contributed by atoms with Crippen molar-refractivity contribution in [2.24, 2.45) is 0 Å². The van der Waals surface area contributed by atoms with Crippen molar-refractivity contribution >= 4 is 5.91 Å². The fourth-order valence-corrected chi connectivity index (χ4v) is 1.84. The zero-order chi connectivity index (χ0) is 14.5. The Labute approximate surface area is 116 Å². The van der Waals surface area contributed by atoms with Crippen molar-refractivity contribution in [3.63, 3.8) is 0 Å². The number of carbonyl (C=O) groups is 1. The first-order valence-corrected chi connectivity index (χ1v) is 6.24. The summed E-state index contributed by atoms with van der Waals surface area (Å²) >= 11 is 0. The number of phenolic OH excluding ortho intramolecular Hbond substituents is 1. The summed E-state index contributed by atoms with van der Waals surface area (Å²) < 4.78 is 13.1. The first-order valence-electron chi connectivity index (χ1n) is 6.24. The van der Waals surface area contributed by atoms with E-state index in [9.17, 15) is 14.3 Å². The molecule has 2 rings (SSSR count). The molecule has 0 unspecified atom stereocenters. The average Bonchev–Trinajstić information content (AvgIpc) is 2.47. The molecular weight excluding hydrogens is 259 g/mol. The van der Waals surface area contributed by atoms with E-state index in [2.05, 4.69) is 10.3 Å². The lowest BCUT2D eigenvalue weighted by molar-refractivity contribution is 0.0948. The molecule has 0 spiro atoms. The Hall–Kier alpha value is -2.43. The standard InChI is InChI=1S/C15H15FN2O2/c1-10(11-4-6-17-7-5-11)9-18-15(20)13-8-12(16)2-3-14(13)19/h2-8,10,19H,9H2,1H3,(H,18,20)/t10-/m0/s1. The van der Waals surface area contributed by atoms with Gasteiger partial charge in [-0.25, -0.2) is 4.39 Å². The summed E-state index contributed by atoms with van der Waals surface area (Å²) in [6.07, 6.45) is 3.37. The number of carbonyl (C=O) groups excluding carboxylic acids is 1. The van der Waals surface area contributed by atoms with E-state index in [0.717, 1.165) is 23.8 Å². The Morgan fingerprint density at radius 3 is 2.75 bits per heavy atom. The van der Waals surface area contributed by atoms with Gasteiger partial charge in [0.1, 0.15) is 11.6 Å². The molecule has 2 N–H and O–H groups in total. The quantitative estimate of drug-likeness (QED) is 0.900. The van der Waals surface area contributed by atoms with Crippen molar-refractivity contribution in [1.82, 2.24) is 10.3 Å². The highest BCUT2D eigenvalue weighted by Crippen LogP contribution is 2.18. The molecule has 0 fully saturated rings. The van der Waals surface area contributed by atoms with E-state index in [4.69, 9.17) is 0 Å². The predicted molar refractivity (Wildman–Crippen MR) is 73.1 cm³/mol. The number of pyridine rings is 1. The van der Waals surface area contributed by atoms with Crippen LogP contribution in [0.2, 0.25) is 0 Å². The monoisotopic (exact) mass is 274 g/mol. The van der Waals surface area contributed by atoms with Crippen LogP contribution in [-0.2, 0) is 0 Å². The number of amides is 1. The lowest BCUT2D eigenvalue weighted by Gasteiger charge is -2.13. The van der Waals surface area contributed by atoms with Crippen LogP contribution < -0.4 is 5.32 Å². The number of hydrogen-bond donors (Lipinski definition) is 2. The largest absolute Gasteiger partial charge is 0.507 e. The second-order valence-electron chi connectivity index (χ2n) is 4.55. The highest BCUT2D eigenvalue weighted by atomic mass is 19.1. The zero-order valence-electron chi connectivity index (χ0n) is 11.0. The van der Waals surface area contributed by atoms with E-state index >= 15 is 0 Å². The van der Waals surface area contributed by atoms with Crippen LogP contribution in [0.4, 0.5) is 4.39 Å². The van der Waals surface area contributed by atoms with E-state index in [-0.39, 0.29) is 17.2 Å². The minimum atomic E-state index is -0.560. The molecule has 104 valence electrons.